The van der Waals surface area contributed by atoms with Crippen LogP contribution in [-0.4, -0.2) is 9.38 Å². The zero-order valence-corrected chi connectivity index (χ0v) is 8.52. The highest BCUT2D eigenvalue weighted by Crippen LogP contribution is 2.26. The number of rotatable bonds is 0. The highest BCUT2D eigenvalue weighted by atomic mass is 32.1. The maximum absolute atomic E-state index is 4.66. The fourth-order valence-corrected chi connectivity index (χ4v) is 3.05. The molecule has 0 spiro atoms. The SMILES string of the molecule is Cc1csc2nc3c(n12)CCCC3. The highest BCUT2D eigenvalue weighted by molar-refractivity contribution is 7.15. The maximum Gasteiger partial charge on any atom is 0.194 e. The number of aromatic nitrogens is 2. The summed E-state index contributed by atoms with van der Waals surface area (Å²) < 4.78 is 2.33. The van der Waals surface area contributed by atoms with Crippen molar-refractivity contribution in [1.82, 2.24) is 9.38 Å². The summed E-state index contributed by atoms with van der Waals surface area (Å²) in [5.41, 5.74) is 4.16. The average molecular weight is 192 g/mol. The van der Waals surface area contributed by atoms with Crippen molar-refractivity contribution >= 4 is 16.3 Å². The predicted molar refractivity (Wildman–Crippen MR) is 54.4 cm³/mol. The lowest BCUT2D eigenvalue weighted by molar-refractivity contribution is 0.658. The summed E-state index contributed by atoms with van der Waals surface area (Å²) in [5, 5.41) is 2.19. The summed E-state index contributed by atoms with van der Waals surface area (Å²) in [7, 11) is 0. The lowest BCUT2D eigenvalue weighted by atomic mass is 10.0. The lowest BCUT2D eigenvalue weighted by Gasteiger charge is -2.10. The van der Waals surface area contributed by atoms with Crippen LogP contribution in [0.1, 0.15) is 29.9 Å². The number of nitrogens with zero attached hydrogens (tertiary/aromatic N) is 2. The van der Waals surface area contributed by atoms with Gasteiger partial charge in [0.2, 0.25) is 0 Å². The van der Waals surface area contributed by atoms with Crippen LogP contribution < -0.4 is 0 Å². The van der Waals surface area contributed by atoms with E-state index in [9.17, 15) is 0 Å². The van der Waals surface area contributed by atoms with Crippen molar-refractivity contribution in [3.8, 4) is 0 Å². The number of hydrogen-bond donors (Lipinski definition) is 0. The summed E-state index contributed by atoms with van der Waals surface area (Å²) in [6.45, 7) is 2.17. The standard InChI is InChI=1S/C10H12N2S/c1-7-6-13-10-11-8-4-2-3-5-9(8)12(7)10/h6H,2-5H2,1H3. The van der Waals surface area contributed by atoms with E-state index >= 15 is 0 Å². The van der Waals surface area contributed by atoms with Gasteiger partial charge < -0.3 is 0 Å². The molecule has 0 aromatic carbocycles. The third-order valence-corrected chi connectivity index (χ3v) is 3.73. The Morgan fingerprint density at radius 1 is 1.38 bits per heavy atom. The van der Waals surface area contributed by atoms with E-state index in [1.807, 2.05) is 0 Å². The van der Waals surface area contributed by atoms with E-state index < -0.39 is 0 Å². The Hall–Kier alpha value is -0.830. The minimum absolute atomic E-state index is 1.18. The molecule has 1 aliphatic rings. The van der Waals surface area contributed by atoms with Crippen molar-refractivity contribution in [1.29, 1.82) is 0 Å². The first-order valence-electron chi connectivity index (χ1n) is 4.80. The molecule has 2 aromatic rings. The summed E-state index contributed by atoms with van der Waals surface area (Å²) in [6.07, 6.45) is 5.05. The molecule has 0 bridgehead atoms. The summed E-state index contributed by atoms with van der Waals surface area (Å²) in [5.74, 6) is 0. The molecule has 2 nitrogen and oxygen atoms in total. The molecule has 0 radical (unpaired) electrons. The first-order valence-corrected chi connectivity index (χ1v) is 5.68. The molecular formula is C10H12N2S. The normalized spacial score (nSPS) is 16.4. The van der Waals surface area contributed by atoms with Crippen molar-refractivity contribution in [3.63, 3.8) is 0 Å². The van der Waals surface area contributed by atoms with Gasteiger partial charge in [0.25, 0.3) is 0 Å². The Balaban J connectivity index is 2.36. The molecule has 3 heteroatoms. The monoisotopic (exact) mass is 192 g/mol. The Bertz CT molecular complexity index is 453. The van der Waals surface area contributed by atoms with Crippen LogP contribution in [0.4, 0.5) is 0 Å². The van der Waals surface area contributed by atoms with Crippen LogP contribution >= 0.6 is 11.3 Å². The summed E-state index contributed by atoms with van der Waals surface area (Å²) in [4.78, 5) is 5.84. The van der Waals surface area contributed by atoms with E-state index in [0.717, 1.165) is 0 Å². The van der Waals surface area contributed by atoms with Gasteiger partial charge in [0.15, 0.2) is 4.96 Å². The predicted octanol–water partition coefficient (Wildman–Crippen LogP) is 2.58. The third kappa shape index (κ3) is 0.967. The van der Waals surface area contributed by atoms with Gasteiger partial charge in [0, 0.05) is 16.8 Å². The smallest absolute Gasteiger partial charge is 0.194 e. The molecule has 0 aliphatic heterocycles. The molecule has 0 saturated carbocycles. The summed E-state index contributed by atoms with van der Waals surface area (Å²) >= 11 is 1.76. The molecule has 2 aromatic heterocycles. The van der Waals surface area contributed by atoms with Gasteiger partial charge in [0.1, 0.15) is 0 Å². The summed E-state index contributed by atoms with van der Waals surface area (Å²) in [6, 6.07) is 0. The first kappa shape index (κ1) is 7.56. The van der Waals surface area contributed by atoms with Crippen LogP contribution in [-0.2, 0) is 12.8 Å². The van der Waals surface area contributed by atoms with Gasteiger partial charge in [-0.05, 0) is 32.6 Å². The highest BCUT2D eigenvalue weighted by Gasteiger charge is 2.17. The zero-order valence-electron chi connectivity index (χ0n) is 7.71. The molecule has 0 saturated heterocycles. The van der Waals surface area contributed by atoms with E-state index in [-0.39, 0.29) is 0 Å². The molecule has 0 atom stereocenters. The van der Waals surface area contributed by atoms with Gasteiger partial charge >= 0.3 is 0 Å². The number of thiazole rings is 1. The number of fused-ring (bicyclic) bond motifs is 3. The van der Waals surface area contributed by atoms with E-state index in [1.54, 1.807) is 11.3 Å². The van der Waals surface area contributed by atoms with Gasteiger partial charge in [-0.15, -0.1) is 11.3 Å². The molecule has 3 rings (SSSR count). The molecule has 0 amide bonds. The average Bonchev–Trinajstić information content (AvgIpc) is 2.66. The molecule has 0 unspecified atom stereocenters. The second-order valence-corrected chi connectivity index (χ2v) is 4.54. The molecular weight excluding hydrogens is 180 g/mol. The Labute approximate surface area is 81.2 Å². The number of imidazole rings is 1. The molecule has 1 aliphatic carbocycles. The minimum atomic E-state index is 1.18. The minimum Gasteiger partial charge on any atom is -0.292 e. The fraction of sp³-hybridized carbons (Fsp3) is 0.500. The van der Waals surface area contributed by atoms with Crippen molar-refractivity contribution in [2.45, 2.75) is 32.6 Å². The van der Waals surface area contributed by atoms with Gasteiger partial charge in [-0.2, -0.15) is 0 Å². The van der Waals surface area contributed by atoms with Gasteiger partial charge in [-0.1, -0.05) is 0 Å². The molecule has 0 fully saturated rings. The van der Waals surface area contributed by atoms with Crippen LogP contribution in [0.3, 0.4) is 0 Å². The molecule has 0 N–H and O–H groups in total. The third-order valence-electron chi connectivity index (χ3n) is 2.79. The maximum atomic E-state index is 4.66. The number of hydrogen-bond acceptors (Lipinski definition) is 2. The number of aryl methyl sites for hydroxylation is 3. The quantitative estimate of drug-likeness (QED) is 0.627. The van der Waals surface area contributed by atoms with E-state index in [4.69, 9.17) is 0 Å². The molecule has 2 heterocycles. The van der Waals surface area contributed by atoms with Gasteiger partial charge in [-0.25, -0.2) is 4.98 Å². The lowest BCUT2D eigenvalue weighted by Crippen LogP contribution is -2.04. The second kappa shape index (κ2) is 2.58. The molecule has 13 heavy (non-hydrogen) atoms. The van der Waals surface area contributed by atoms with Crippen LogP contribution in [0.25, 0.3) is 4.96 Å². The first-order chi connectivity index (χ1) is 6.36. The van der Waals surface area contributed by atoms with Crippen molar-refractivity contribution in [3.05, 3.63) is 22.5 Å². The van der Waals surface area contributed by atoms with E-state index in [0.29, 0.717) is 0 Å². The Morgan fingerprint density at radius 2 is 2.23 bits per heavy atom. The Morgan fingerprint density at radius 3 is 3.15 bits per heavy atom. The van der Waals surface area contributed by atoms with Crippen molar-refractivity contribution < 1.29 is 0 Å². The Kier molecular flexibility index (Phi) is 1.50. The van der Waals surface area contributed by atoms with Crippen LogP contribution in [0.2, 0.25) is 0 Å². The zero-order chi connectivity index (χ0) is 8.84. The van der Waals surface area contributed by atoms with E-state index in [1.165, 1.54) is 47.7 Å². The van der Waals surface area contributed by atoms with Crippen LogP contribution in [0.5, 0.6) is 0 Å². The topological polar surface area (TPSA) is 17.3 Å². The molecule has 68 valence electrons. The van der Waals surface area contributed by atoms with Crippen molar-refractivity contribution in [2.75, 3.05) is 0 Å². The van der Waals surface area contributed by atoms with Crippen LogP contribution in [0.15, 0.2) is 5.38 Å². The second-order valence-electron chi connectivity index (χ2n) is 3.71. The van der Waals surface area contributed by atoms with Gasteiger partial charge in [-0.3, -0.25) is 4.40 Å². The van der Waals surface area contributed by atoms with Gasteiger partial charge in [0.05, 0.1) is 5.69 Å². The fourth-order valence-electron chi connectivity index (χ4n) is 2.15. The van der Waals surface area contributed by atoms with Crippen LogP contribution in [0, 0.1) is 6.92 Å². The van der Waals surface area contributed by atoms with Crippen molar-refractivity contribution in [2.24, 2.45) is 0 Å². The van der Waals surface area contributed by atoms with E-state index in [2.05, 4.69) is 21.7 Å². The largest absolute Gasteiger partial charge is 0.292 e.